The van der Waals surface area contributed by atoms with Crippen molar-refractivity contribution in [3.05, 3.63) is 179 Å². The first kappa shape index (κ1) is 47.6. The number of benzene rings is 5. The van der Waals surface area contributed by atoms with Gasteiger partial charge in [0.05, 0.1) is 44.0 Å². The zero-order chi connectivity index (χ0) is 49.8. The molecule has 4 aliphatic heterocycles. The lowest BCUT2D eigenvalue weighted by molar-refractivity contribution is -0.179. The molecule has 1 spiro atoms. The SMILES string of the molecule is COCCOC(=O)N1C(=O)[C@@]2(c3cc(C#Cc4ccc(OC)cc4)ccc31)[C@H](C(=O)N1CCN(c3ncccn3)CC1)[C@H]1C(=O)O[C@H](c3ccccc3)[C@H](c3ccccc3)N1[C@@H]2c1cccc(OCCO)c1. The summed E-state index contributed by atoms with van der Waals surface area (Å²) in [4.78, 5) is 78.8. The summed E-state index contributed by atoms with van der Waals surface area (Å²) < 4.78 is 29.1. The third kappa shape index (κ3) is 8.65. The number of aliphatic hydroxyl groups excluding tert-OH is 1. The van der Waals surface area contributed by atoms with Crippen LogP contribution >= 0.6 is 0 Å². The number of anilines is 2. The van der Waals surface area contributed by atoms with Crippen LogP contribution in [0.15, 0.2) is 146 Å². The molecule has 3 fully saturated rings. The number of nitrogens with zero attached hydrogens (tertiary/aromatic N) is 6. The van der Waals surface area contributed by atoms with Crippen molar-refractivity contribution in [2.45, 2.75) is 29.6 Å². The van der Waals surface area contributed by atoms with E-state index >= 15 is 14.4 Å². The summed E-state index contributed by atoms with van der Waals surface area (Å²) in [6.07, 6.45) is 1.41. The van der Waals surface area contributed by atoms with Gasteiger partial charge >= 0.3 is 12.1 Å². The molecule has 0 aliphatic carbocycles. The number of fused-ring (bicyclic) bond motifs is 3. The lowest BCUT2D eigenvalue weighted by atomic mass is 9.64. The Morgan fingerprint density at radius 1 is 0.722 bits per heavy atom. The highest BCUT2D eigenvalue weighted by molar-refractivity contribution is 6.23. The molecule has 4 aliphatic rings. The third-order valence-electron chi connectivity index (χ3n) is 13.8. The van der Waals surface area contributed by atoms with Crippen molar-refractivity contribution in [1.82, 2.24) is 19.8 Å². The molecule has 16 heteroatoms. The average molecular weight is 969 g/mol. The summed E-state index contributed by atoms with van der Waals surface area (Å²) in [5, 5.41) is 9.87. The molecule has 366 valence electrons. The molecule has 1 aromatic heterocycles. The van der Waals surface area contributed by atoms with Crippen LogP contribution in [0.5, 0.6) is 11.5 Å². The quantitative estimate of drug-likeness (QED) is 0.0853. The van der Waals surface area contributed by atoms with Crippen LogP contribution in [0.4, 0.5) is 16.4 Å². The minimum Gasteiger partial charge on any atom is -0.497 e. The van der Waals surface area contributed by atoms with Crippen LogP contribution in [0.3, 0.4) is 0 Å². The lowest BCUT2D eigenvalue weighted by Crippen LogP contribution is -2.59. The molecule has 16 nitrogen and oxygen atoms in total. The number of piperazine rings is 1. The van der Waals surface area contributed by atoms with Gasteiger partial charge < -0.3 is 38.6 Å². The number of hydrogen-bond donors (Lipinski definition) is 1. The molecule has 3 saturated heterocycles. The summed E-state index contributed by atoms with van der Waals surface area (Å²) in [5.41, 5.74) is 1.52. The predicted molar refractivity (Wildman–Crippen MR) is 264 cm³/mol. The maximum atomic E-state index is 16.6. The largest absolute Gasteiger partial charge is 0.497 e. The fourth-order valence-corrected chi connectivity index (χ4v) is 10.8. The number of amides is 3. The van der Waals surface area contributed by atoms with Gasteiger partial charge in [-0.3, -0.25) is 19.3 Å². The first-order chi connectivity index (χ1) is 35.3. The number of rotatable bonds is 12. The summed E-state index contributed by atoms with van der Waals surface area (Å²) >= 11 is 0. The number of carbonyl (C=O) groups excluding carboxylic acids is 4. The van der Waals surface area contributed by atoms with Gasteiger partial charge in [0, 0.05) is 56.8 Å². The summed E-state index contributed by atoms with van der Waals surface area (Å²) in [6, 6.07) is 36.8. The summed E-state index contributed by atoms with van der Waals surface area (Å²) in [6.45, 7) is 0.709. The molecule has 3 amide bonds. The third-order valence-corrected chi connectivity index (χ3v) is 13.8. The Labute approximate surface area is 416 Å². The second kappa shape index (κ2) is 20.7. The second-order valence-corrected chi connectivity index (χ2v) is 17.7. The van der Waals surface area contributed by atoms with Gasteiger partial charge in [0.25, 0.3) is 0 Å². The van der Waals surface area contributed by atoms with Crippen LogP contribution in [0.25, 0.3) is 0 Å². The van der Waals surface area contributed by atoms with E-state index in [4.69, 9.17) is 23.7 Å². The minimum absolute atomic E-state index is 0.0269. The lowest BCUT2D eigenvalue weighted by Gasteiger charge is -2.46. The maximum absolute atomic E-state index is 16.6. The highest BCUT2D eigenvalue weighted by Gasteiger charge is 2.76. The second-order valence-electron chi connectivity index (χ2n) is 17.7. The fraction of sp³-hybridized carbons (Fsp3) is 0.286. The highest BCUT2D eigenvalue weighted by Crippen LogP contribution is 2.66. The normalized spacial score (nSPS) is 22.4. The van der Waals surface area contributed by atoms with Crippen LogP contribution in [-0.4, -0.2) is 122 Å². The number of esters is 1. The molecule has 1 N–H and O–H groups in total. The summed E-state index contributed by atoms with van der Waals surface area (Å²) in [7, 11) is 3.06. The topological polar surface area (TPSA) is 173 Å². The number of morpholine rings is 1. The number of hydrogen-bond acceptors (Lipinski definition) is 14. The van der Waals surface area contributed by atoms with Gasteiger partial charge in [-0.05, 0) is 82.9 Å². The van der Waals surface area contributed by atoms with Crippen molar-refractivity contribution in [1.29, 1.82) is 0 Å². The molecule has 0 unspecified atom stereocenters. The Bertz CT molecular complexity index is 3000. The van der Waals surface area contributed by atoms with E-state index in [1.165, 1.54) is 7.11 Å². The van der Waals surface area contributed by atoms with E-state index < -0.39 is 59.4 Å². The first-order valence-electron chi connectivity index (χ1n) is 23.8. The van der Waals surface area contributed by atoms with Gasteiger partial charge in [0.15, 0.2) is 0 Å². The van der Waals surface area contributed by atoms with Gasteiger partial charge in [-0.2, -0.15) is 0 Å². The van der Waals surface area contributed by atoms with Gasteiger partial charge in [-0.15, -0.1) is 0 Å². The zero-order valence-corrected chi connectivity index (χ0v) is 39.7. The van der Waals surface area contributed by atoms with E-state index in [0.29, 0.717) is 58.4 Å². The molecule has 10 rings (SSSR count). The van der Waals surface area contributed by atoms with Crippen molar-refractivity contribution in [2.75, 3.05) is 76.6 Å². The van der Waals surface area contributed by atoms with Gasteiger partial charge in [0.1, 0.15) is 42.3 Å². The van der Waals surface area contributed by atoms with Crippen molar-refractivity contribution >= 4 is 35.5 Å². The number of carbonyl (C=O) groups is 4. The molecule has 0 bridgehead atoms. The van der Waals surface area contributed by atoms with Crippen LogP contribution in [0, 0.1) is 17.8 Å². The smallest absolute Gasteiger partial charge is 0.421 e. The highest BCUT2D eigenvalue weighted by atomic mass is 16.6. The van der Waals surface area contributed by atoms with E-state index in [-0.39, 0.29) is 45.2 Å². The van der Waals surface area contributed by atoms with E-state index in [9.17, 15) is 9.90 Å². The van der Waals surface area contributed by atoms with Crippen molar-refractivity contribution in [3.8, 4) is 23.3 Å². The predicted octanol–water partition coefficient (Wildman–Crippen LogP) is 6.05. The number of methoxy groups -OCH3 is 2. The minimum atomic E-state index is -2.05. The molecule has 6 aromatic rings. The Hall–Kier alpha value is -8.10. The van der Waals surface area contributed by atoms with Gasteiger partial charge in [-0.1, -0.05) is 84.6 Å². The Balaban J connectivity index is 1.24. The molecule has 5 aromatic carbocycles. The van der Waals surface area contributed by atoms with Gasteiger partial charge in [-0.25, -0.2) is 19.7 Å². The molecule has 0 radical (unpaired) electrons. The van der Waals surface area contributed by atoms with E-state index in [2.05, 4.69) is 21.8 Å². The van der Waals surface area contributed by atoms with Crippen molar-refractivity contribution in [2.24, 2.45) is 5.92 Å². The van der Waals surface area contributed by atoms with Crippen molar-refractivity contribution in [3.63, 3.8) is 0 Å². The first-order valence-corrected chi connectivity index (χ1v) is 23.8. The zero-order valence-electron chi connectivity index (χ0n) is 39.7. The van der Waals surface area contributed by atoms with E-state index in [1.54, 1.807) is 79.0 Å². The Kier molecular flexibility index (Phi) is 13.7. The fourth-order valence-electron chi connectivity index (χ4n) is 10.8. The molecule has 5 heterocycles. The van der Waals surface area contributed by atoms with E-state index in [1.807, 2.05) is 88.7 Å². The van der Waals surface area contributed by atoms with Crippen LogP contribution in [-0.2, 0) is 34.0 Å². The number of aliphatic hydroxyl groups is 1. The van der Waals surface area contributed by atoms with Crippen LogP contribution < -0.4 is 19.3 Å². The molecule has 72 heavy (non-hydrogen) atoms. The standard InChI is InChI=1S/C56H52N6O10/c1-68-33-34-71-55(67)61-45-24-21-38(18-17-37-19-22-42(69-2)23-20-37)35-44(45)56(53(61)66)46(51(64)59-27-29-60(30-28-59)54-57-25-10-26-58-54)48-52(65)72-49(40-13-7-4-8-14-40)47(39-11-5-3-6-12-39)62(48)50(56)41-15-9-16-43(36-41)70-32-31-63/h3-16,19-26,35-36,46-50,63H,27-34H2,1-2H3/t46-,47-,48-,49+,50+,56-/m0/s1. The maximum Gasteiger partial charge on any atom is 0.421 e. The van der Waals surface area contributed by atoms with Gasteiger partial charge in [0.2, 0.25) is 17.8 Å². The number of aromatic nitrogens is 2. The molecule has 0 saturated carbocycles. The number of imide groups is 1. The molecular weight excluding hydrogens is 917 g/mol. The van der Waals surface area contributed by atoms with Crippen LogP contribution in [0.1, 0.15) is 51.6 Å². The summed E-state index contributed by atoms with van der Waals surface area (Å²) in [5.74, 6) is 4.56. The van der Waals surface area contributed by atoms with Crippen LogP contribution in [0.2, 0.25) is 0 Å². The van der Waals surface area contributed by atoms with Crippen molar-refractivity contribution < 1.29 is 48.0 Å². The molecular formula is C56H52N6O10. The Morgan fingerprint density at radius 3 is 2.10 bits per heavy atom. The Morgan fingerprint density at radius 2 is 1.40 bits per heavy atom. The monoisotopic (exact) mass is 968 g/mol. The van der Waals surface area contributed by atoms with E-state index in [0.717, 1.165) is 10.5 Å². The number of ether oxygens (including phenoxy) is 5. The number of cyclic esters (lactones) is 1. The molecule has 6 atom stereocenters. The average Bonchev–Trinajstić information content (AvgIpc) is 3.89.